The first-order chi connectivity index (χ1) is 8.22. The molecule has 0 atom stereocenters. The maximum absolute atomic E-state index is 11.5. The van der Waals surface area contributed by atoms with E-state index >= 15 is 0 Å². The zero-order chi connectivity index (χ0) is 12.5. The van der Waals surface area contributed by atoms with Crippen molar-refractivity contribution in [3.8, 4) is 0 Å². The van der Waals surface area contributed by atoms with Crippen LogP contribution in [0.3, 0.4) is 0 Å². The molecule has 3 N–H and O–H groups in total. The third-order valence-electron chi connectivity index (χ3n) is 3.06. The molecule has 0 aromatic rings. The van der Waals surface area contributed by atoms with Crippen molar-refractivity contribution in [2.24, 2.45) is 0 Å². The normalized spacial score (nSPS) is 20.1. The Balaban J connectivity index is 0.00000289. The van der Waals surface area contributed by atoms with E-state index in [0.29, 0.717) is 4.09 Å². The van der Waals surface area contributed by atoms with Gasteiger partial charge in [-0.25, -0.2) is 0 Å². The SMILES string of the molecule is C[C](=O)[Ti]([CH3])[N]1CCNCCNCCNCC1.Cl. The first-order valence-electron chi connectivity index (χ1n) is 6.43. The van der Waals surface area contributed by atoms with Gasteiger partial charge in [0, 0.05) is 0 Å². The molecule has 0 spiro atoms. The summed E-state index contributed by atoms with van der Waals surface area (Å²) in [7, 11) is 0. The molecule has 0 aromatic carbocycles. The Morgan fingerprint density at radius 2 is 1.33 bits per heavy atom. The van der Waals surface area contributed by atoms with Crippen molar-refractivity contribution >= 4 is 16.5 Å². The van der Waals surface area contributed by atoms with Crippen LogP contribution in [-0.4, -0.2) is 59.8 Å². The predicted octanol–water partition coefficient (Wildman–Crippen LogP) is -0.380. The maximum Gasteiger partial charge on any atom is -0.147 e. The predicted molar refractivity (Wildman–Crippen MR) is 74.0 cm³/mol. The van der Waals surface area contributed by atoms with Gasteiger partial charge in [-0.2, -0.15) is 0 Å². The number of nitrogens with zero attached hydrogens (tertiary/aromatic N) is 1. The van der Waals surface area contributed by atoms with Crippen LogP contribution in [0.2, 0.25) is 5.23 Å². The number of halogens is 1. The summed E-state index contributed by atoms with van der Waals surface area (Å²) < 4.78 is 2.83. The molecule has 0 aromatic heterocycles. The number of hydrogen-bond acceptors (Lipinski definition) is 5. The molecule has 5 nitrogen and oxygen atoms in total. The smallest absolute Gasteiger partial charge is 0.147 e. The quantitative estimate of drug-likeness (QED) is 0.607. The minimum atomic E-state index is -1.65. The van der Waals surface area contributed by atoms with Crippen LogP contribution >= 0.6 is 12.4 Å². The molecule has 0 unspecified atom stereocenters. The van der Waals surface area contributed by atoms with E-state index in [-0.39, 0.29) is 12.4 Å². The minimum absolute atomic E-state index is 0. The minimum Gasteiger partial charge on any atom is -0.147 e. The van der Waals surface area contributed by atoms with Crippen molar-refractivity contribution in [2.45, 2.75) is 12.2 Å². The maximum atomic E-state index is 11.5. The van der Waals surface area contributed by atoms with E-state index < -0.39 is 18.1 Å². The van der Waals surface area contributed by atoms with Gasteiger partial charge in [-0.05, 0) is 0 Å². The third-order valence-corrected chi connectivity index (χ3v) is 6.83. The van der Waals surface area contributed by atoms with Crippen molar-refractivity contribution in [2.75, 3.05) is 52.4 Å². The third kappa shape index (κ3) is 7.84. The first kappa shape index (κ1) is 18.5. The fraction of sp³-hybridized carbons (Fsp3) is 0.909. The number of carbonyl (C=O) groups is 1. The molecule has 1 aliphatic heterocycles. The van der Waals surface area contributed by atoms with Gasteiger partial charge < -0.3 is 0 Å². The van der Waals surface area contributed by atoms with Gasteiger partial charge in [0.2, 0.25) is 0 Å². The fourth-order valence-electron chi connectivity index (χ4n) is 1.83. The Labute approximate surface area is 123 Å². The van der Waals surface area contributed by atoms with E-state index in [0.717, 1.165) is 52.4 Å². The van der Waals surface area contributed by atoms with E-state index in [1.54, 1.807) is 6.92 Å². The van der Waals surface area contributed by atoms with Crippen LogP contribution in [-0.2, 0) is 22.9 Å². The van der Waals surface area contributed by atoms with E-state index in [9.17, 15) is 4.79 Å². The Morgan fingerprint density at radius 1 is 0.944 bits per heavy atom. The number of nitrogens with one attached hydrogen (secondary N) is 3. The van der Waals surface area contributed by atoms with Crippen LogP contribution in [0.1, 0.15) is 6.92 Å². The van der Waals surface area contributed by atoms with Crippen molar-refractivity contribution in [1.82, 2.24) is 19.3 Å². The average Bonchev–Trinajstić information content (AvgIpc) is 2.29. The van der Waals surface area contributed by atoms with Gasteiger partial charge in [-0.15, -0.1) is 12.4 Å². The average molecular weight is 314 g/mol. The molecule has 0 bridgehead atoms. The summed E-state index contributed by atoms with van der Waals surface area (Å²) in [5, 5.41) is 12.4. The molecule has 0 amide bonds. The second-order valence-corrected chi connectivity index (χ2v) is 8.29. The standard InChI is InChI=1S/C8H19N4.C2H3O.CH3.ClH.Ti/c1-2-10-5-6-12-8-7-11-4-3-9-1;1-2-3;;;/h9-11H,1-8H2;1H3;1H3;1H;/q-1;;;;+1. The van der Waals surface area contributed by atoms with Crippen LogP contribution in [0.15, 0.2) is 0 Å². The van der Waals surface area contributed by atoms with Gasteiger partial charge in [0.1, 0.15) is 0 Å². The summed E-state index contributed by atoms with van der Waals surface area (Å²) >= 11 is -1.65. The van der Waals surface area contributed by atoms with Gasteiger partial charge in [-0.1, -0.05) is 0 Å². The Bertz CT molecular complexity index is 221. The van der Waals surface area contributed by atoms with Gasteiger partial charge in [-0.3, -0.25) is 0 Å². The van der Waals surface area contributed by atoms with Gasteiger partial charge in [0.25, 0.3) is 0 Å². The van der Waals surface area contributed by atoms with Crippen LogP contribution in [0.25, 0.3) is 0 Å². The van der Waals surface area contributed by atoms with E-state index in [1.807, 2.05) is 0 Å². The number of rotatable bonds is 2. The summed E-state index contributed by atoms with van der Waals surface area (Å²) in [6, 6.07) is 0. The van der Waals surface area contributed by atoms with Crippen molar-refractivity contribution in [3.05, 3.63) is 0 Å². The summed E-state index contributed by atoms with van der Waals surface area (Å²) in [6.45, 7) is 9.78. The molecule has 7 heteroatoms. The molecule has 1 saturated heterocycles. The summed E-state index contributed by atoms with van der Waals surface area (Å²) in [5.74, 6) is 0. The zero-order valence-electron chi connectivity index (χ0n) is 11.4. The second kappa shape index (κ2) is 11.4. The molecular weight excluding hydrogens is 287 g/mol. The Hall–Kier alpha value is 0.514. The molecule has 0 radical (unpaired) electrons. The topological polar surface area (TPSA) is 56.4 Å². The fourth-order valence-corrected chi connectivity index (χ4v) is 3.92. The number of hydrogen-bond donors (Lipinski definition) is 3. The molecule has 1 aliphatic rings. The largest absolute Gasteiger partial charge is 0.147 e. The molecule has 0 saturated carbocycles. The monoisotopic (exact) mass is 313 g/mol. The zero-order valence-corrected chi connectivity index (χ0v) is 13.8. The molecule has 1 rings (SSSR count). The van der Waals surface area contributed by atoms with Crippen molar-refractivity contribution in [3.63, 3.8) is 0 Å². The summed E-state index contributed by atoms with van der Waals surface area (Å²) in [4.78, 5) is 11.5. The van der Waals surface area contributed by atoms with E-state index in [4.69, 9.17) is 0 Å². The van der Waals surface area contributed by atoms with Crippen LogP contribution in [0.4, 0.5) is 0 Å². The van der Waals surface area contributed by atoms with Crippen molar-refractivity contribution in [1.29, 1.82) is 0 Å². The van der Waals surface area contributed by atoms with Crippen molar-refractivity contribution < 1.29 is 22.9 Å². The molecule has 0 aliphatic carbocycles. The molecule has 1 fully saturated rings. The number of carbonyl (C=O) groups excluding carboxylic acids is 1. The van der Waals surface area contributed by atoms with Crippen LogP contribution in [0, 0.1) is 0 Å². The van der Waals surface area contributed by atoms with Gasteiger partial charge >= 0.3 is 111 Å². The van der Waals surface area contributed by atoms with Crippen LogP contribution < -0.4 is 16.0 Å². The molecule has 18 heavy (non-hydrogen) atoms. The molecule has 1 heterocycles. The van der Waals surface area contributed by atoms with Gasteiger partial charge in [0.15, 0.2) is 0 Å². The first-order valence-corrected chi connectivity index (χ1v) is 9.47. The van der Waals surface area contributed by atoms with Crippen LogP contribution in [0.5, 0.6) is 0 Å². The van der Waals surface area contributed by atoms with E-state index in [1.165, 1.54) is 0 Å². The summed E-state index contributed by atoms with van der Waals surface area (Å²) in [5.41, 5.74) is 0. The second-order valence-electron chi connectivity index (χ2n) is 4.38. The van der Waals surface area contributed by atoms with E-state index in [2.05, 4.69) is 24.6 Å². The molecule has 107 valence electrons. The van der Waals surface area contributed by atoms with Gasteiger partial charge in [0.05, 0.1) is 0 Å². The Kier molecular flexibility index (Phi) is 11.7. The Morgan fingerprint density at radius 3 is 1.72 bits per heavy atom. The summed E-state index contributed by atoms with van der Waals surface area (Å²) in [6.07, 6.45) is 0. The molecular formula is C11H26ClN4OTi.